The highest BCUT2D eigenvalue weighted by Crippen LogP contribution is 2.37. The van der Waals surface area contributed by atoms with E-state index < -0.39 is 0 Å². The van der Waals surface area contributed by atoms with Gasteiger partial charge in [-0.3, -0.25) is 0 Å². The Bertz CT molecular complexity index is 567. The van der Waals surface area contributed by atoms with Crippen LogP contribution < -0.4 is 10.1 Å². The molecule has 1 heterocycles. The molecule has 0 saturated heterocycles. The summed E-state index contributed by atoms with van der Waals surface area (Å²) in [5.41, 5.74) is 0.759. The summed E-state index contributed by atoms with van der Waals surface area (Å²) in [5.74, 6) is 2.11. The van der Waals surface area contributed by atoms with E-state index in [1.807, 2.05) is 19.1 Å². The number of methoxy groups -OCH3 is 1. The molecule has 5 heteroatoms. The molecule has 0 fully saturated rings. The second kappa shape index (κ2) is 6.33. The zero-order valence-electron chi connectivity index (χ0n) is 10.8. The van der Waals surface area contributed by atoms with E-state index in [1.165, 1.54) is 0 Å². The van der Waals surface area contributed by atoms with Gasteiger partial charge in [0.25, 0.3) is 0 Å². The van der Waals surface area contributed by atoms with Gasteiger partial charge in [-0.1, -0.05) is 30.1 Å². The van der Waals surface area contributed by atoms with Crippen LogP contribution in [0.5, 0.6) is 5.75 Å². The van der Waals surface area contributed by atoms with Gasteiger partial charge in [0.05, 0.1) is 23.7 Å². The normalized spacial score (nSPS) is 10.7. The molecule has 1 aromatic carbocycles. The Morgan fingerprint density at radius 1 is 1.21 bits per heavy atom. The molecule has 1 N–H and O–H groups in total. The Morgan fingerprint density at radius 3 is 2.68 bits per heavy atom. The van der Waals surface area contributed by atoms with Crippen LogP contribution in [0.3, 0.4) is 0 Å². The maximum absolute atomic E-state index is 6.21. The molecule has 19 heavy (non-hydrogen) atoms. The first-order valence-electron chi connectivity index (χ1n) is 5.98. The van der Waals surface area contributed by atoms with E-state index in [4.69, 9.17) is 32.4 Å². The summed E-state index contributed by atoms with van der Waals surface area (Å²) in [5, 5.41) is 4.25. The van der Waals surface area contributed by atoms with Crippen LogP contribution in [-0.4, -0.2) is 13.7 Å². The molecule has 0 radical (unpaired) electrons. The van der Waals surface area contributed by atoms with Crippen LogP contribution in [0.25, 0.3) is 11.3 Å². The molecule has 0 aliphatic heterocycles. The van der Waals surface area contributed by atoms with Crippen molar-refractivity contribution in [2.24, 2.45) is 0 Å². The van der Waals surface area contributed by atoms with Gasteiger partial charge in [-0.05, 0) is 24.7 Å². The van der Waals surface area contributed by atoms with Crippen LogP contribution in [0.1, 0.15) is 12.7 Å². The number of furan rings is 1. The van der Waals surface area contributed by atoms with Crippen molar-refractivity contribution < 1.29 is 9.15 Å². The number of halogens is 2. The molecule has 0 unspecified atom stereocenters. The maximum Gasteiger partial charge on any atom is 0.138 e. The predicted molar refractivity (Wildman–Crippen MR) is 78.1 cm³/mol. The van der Waals surface area contributed by atoms with Gasteiger partial charge in [0, 0.05) is 11.6 Å². The smallest absolute Gasteiger partial charge is 0.138 e. The van der Waals surface area contributed by atoms with Crippen LogP contribution in [0.2, 0.25) is 10.0 Å². The average Bonchev–Trinajstić information content (AvgIpc) is 2.87. The van der Waals surface area contributed by atoms with E-state index in [1.54, 1.807) is 19.2 Å². The fraction of sp³-hybridized carbons (Fsp3) is 0.286. The first-order valence-corrected chi connectivity index (χ1v) is 6.74. The lowest BCUT2D eigenvalue weighted by atomic mass is 10.1. The first kappa shape index (κ1) is 14.3. The molecule has 0 aliphatic rings. The lowest BCUT2D eigenvalue weighted by molar-refractivity contribution is 0.415. The third-order valence-electron chi connectivity index (χ3n) is 2.72. The van der Waals surface area contributed by atoms with E-state index in [2.05, 4.69) is 5.32 Å². The van der Waals surface area contributed by atoms with Gasteiger partial charge in [0.15, 0.2) is 0 Å². The van der Waals surface area contributed by atoms with Crippen molar-refractivity contribution in [3.63, 3.8) is 0 Å². The average molecular weight is 300 g/mol. The summed E-state index contributed by atoms with van der Waals surface area (Å²) >= 11 is 12.3. The van der Waals surface area contributed by atoms with Crippen LogP contribution in [-0.2, 0) is 6.54 Å². The molecular formula is C14H15Cl2NO2. The molecule has 0 bridgehead atoms. The SMILES string of the molecule is CCNCc1ccc(-c2cc(Cl)c(OC)cc2Cl)o1. The molecule has 0 amide bonds. The molecule has 3 nitrogen and oxygen atoms in total. The zero-order chi connectivity index (χ0) is 13.8. The van der Waals surface area contributed by atoms with E-state index in [-0.39, 0.29) is 0 Å². The molecule has 1 aromatic heterocycles. The van der Waals surface area contributed by atoms with Crippen LogP contribution in [0, 0.1) is 0 Å². The standard InChI is InChI=1S/C14H15Cl2NO2/c1-3-17-8-9-4-5-13(19-9)10-6-12(16)14(18-2)7-11(10)15/h4-7,17H,3,8H2,1-2H3. The van der Waals surface area contributed by atoms with E-state index in [0.717, 1.165) is 17.9 Å². The van der Waals surface area contributed by atoms with Gasteiger partial charge in [0.2, 0.25) is 0 Å². The van der Waals surface area contributed by atoms with Gasteiger partial charge >= 0.3 is 0 Å². The van der Waals surface area contributed by atoms with Gasteiger partial charge in [0.1, 0.15) is 17.3 Å². The van der Waals surface area contributed by atoms with Gasteiger partial charge < -0.3 is 14.5 Å². The summed E-state index contributed by atoms with van der Waals surface area (Å²) < 4.78 is 10.9. The van der Waals surface area contributed by atoms with Gasteiger partial charge in [-0.25, -0.2) is 0 Å². The van der Waals surface area contributed by atoms with Crippen molar-refractivity contribution in [1.82, 2.24) is 5.32 Å². The quantitative estimate of drug-likeness (QED) is 0.890. The summed E-state index contributed by atoms with van der Waals surface area (Å²) in [6, 6.07) is 7.24. The lowest BCUT2D eigenvalue weighted by Crippen LogP contribution is -2.10. The van der Waals surface area contributed by atoms with Crippen molar-refractivity contribution in [2.45, 2.75) is 13.5 Å². The maximum atomic E-state index is 6.21. The fourth-order valence-electron chi connectivity index (χ4n) is 1.74. The Labute approximate surface area is 122 Å². The van der Waals surface area contributed by atoms with Crippen molar-refractivity contribution in [2.75, 3.05) is 13.7 Å². The Kier molecular flexibility index (Phi) is 4.75. The molecule has 0 atom stereocenters. The van der Waals surface area contributed by atoms with Crippen LogP contribution >= 0.6 is 23.2 Å². The molecule has 2 aromatic rings. The number of hydrogen-bond acceptors (Lipinski definition) is 3. The number of ether oxygens (including phenoxy) is 1. The zero-order valence-corrected chi connectivity index (χ0v) is 12.3. The lowest BCUT2D eigenvalue weighted by Gasteiger charge is -2.07. The Morgan fingerprint density at radius 2 is 2.00 bits per heavy atom. The molecule has 0 saturated carbocycles. The molecule has 0 spiro atoms. The number of rotatable bonds is 5. The minimum Gasteiger partial charge on any atom is -0.495 e. The molecule has 0 aliphatic carbocycles. The van der Waals surface area contributed by atoms with E-state index in [0.29, 0.717) is 28.1 Å². The highest BCUT2D eigenvalue weighted by Gasteiger charge is 2.12. The molecule has 2 rings (SSSR count). The monoisotopic (exact) mass is 299 g/mol. The largest absolute Gasteiger partial charge is 0.495 e. The fourth-order valence-corrected chi connectivity index (χ4v) is 2.23. The van der Waals surface area contributed by atoms with Gasteiger partial charge in [-0.2, -0.15) is 0 Å². The van der Waals surface area contributed by atoms with Crippen LogP contribution in [0.4, 0.5) is 0 Å². The van der Waals surface area contributed by atoms with Crippen molar-refractivity contribution >= 4 is 23.2 Å². The Balaban J connectivity index is 2.31. The summed E-state index contributed by atoms with van der Waals surface area (Å²) in [7, 11) is 1.55. The molecular weight excluding hydrogens is 285 g/mol. The topological polar surface area (TPSA) is 34.4 Å². The summed E-state index contributed by atoms with van der Waals surface area (Å²) in [6.45, 7) is 3.63. The number of benzene rings is 1. The van der Waals surface area contributed by atoms with Gasteiger partial charge in [-0.15, -0.1) is 0 Å². The van der Waals surface area contributed by atoms with E-state index >= 15 is 0 Å². The third-order valence-corrected chi connectivity index (χ3v) is 3.33. The first-order chi connectivity index (χ1) is 9.15. The number of nitrogens with one attached hydrogen (secondary N) is 1. The Hall–Kier alpha value is -1.16. The second-order valence-corrected chi connectivity index (χ2v) is 4.83. The predicted octanol–water partition coefficient (Wildman–Crippen LogP) is 4.37. The second-order valence-electron chi connectivity index (χ2n) is 4.01. The minimum absolute atomic E-state index is 0.506. The third kappa shape index (κ3) is 3.24. The van der Waals surface area contributed by atoms with Crippen molar-refractivity contribution in [1.29, 1.82) is 0 Å². The minimum atomic E-state index is 0.506. The highest BCUT2D eigenvalue weighted by atomic mass is 35.5. The highest BCUT2D eigenvalue weighted by molar-refractivity contribution is 6.36. The van der Waals surface area contributed by atoms with Crippen molar-refractivity contribution in [3.05, 3.63) is 40.1 Å². The number of hydrogen-bond donors (Lipinski definition) is 1. The van der Waals surface area contributed by atoms with Crippen LogP contribution in [0.15, 0.2) is 28.7 Å². The molecule has 102 valence electrons. The van der Waals surface area contributed by atoms with E-state index in [9.17, 15) is 0 Å². The summed E-state index contributed by atoms with van der Waals surface area (Å²) in [4.78, 5) is 0. The van der Waals surface area contributed by atoms with Crippen molar-refractivity contribution in [3.8, 4) is 17.1 Å². The summed E-state index contributed by atoms with van der Waals surface area (Å²) in [6.07, 6.45) is 0.